The highest BCUT2D eigenvalue weighted by atomic mass is 16.5. The predicted molar refractivity (Wildman–Crippen MR) is 117 cm³/mol. The average molecular weight is 427 g/mol. The molecule has 0 spiro atoms. The molecule has 31 heavy (non-hydrogen) atoms. The van der Waals surface area contributed by atoms with E-state index in [-0.39, 0.29) is 18.5 Å². The average Bonchev–Trinajstić information content (AvgIpc) is 3.39. The number of hydrogen-bond donors (Lipinski definition) is 0. The van der Waals surface area contributed by atoms with E-state index in [2.05, 4.69) is 4.57 Å². The summed E-state index contributed by atoms with van der Waals surface area (Å²) < 4.78 is 23.4. The van der Waals surface area contributed by atoms with E-state index in [1.807, 2.05) is 19.9 Å². The Morgan fingerprint density at radius 2 is 1.84 bits per heavy atom. The molecule has 1 saturated heterocycles. The van der Waals surface area contributed by atoms with E-state index in [0.29, 0.717) is 17.1 Å². The fourth-order valence-corrected chi connectivity index (χ4v) is 3.71. The minimum Gasteiger partial charge on any atom is -0.497 e. The third-order valence-corrected chi connectivity index (χ3v) is 5.42. The number of ketones is 1. The quantitative estimate of drug-likeness (QED) is 0.345. The van der Waals surface area contributed by atoms with E-state index in [1.165, 1.54) is 6.08 Å². The highest BCUT2D eigenvalue weighted by molar-refractivity contribution is 6.00. The maximum Gasteiger partial charge on any atom is 0.331 e. The van der Waals surface area contributed by atoms with Gasteiger partial charge in [-0.05, 0) is 56.5 Å². The molecule has 0 N–H and O–H groups in total. The lowest BCUT2D eigenvalue weighted by molar-refractivity contribution is -0.136. The SMILES string of the molecule is COc1cc(/C=C/C(=O)OCC(=O)c2cc(C)n(C[C@H]3CCCO3)c2C)cc(OC)c1. The van der Waals surface area contributed by atoms with Crippen LogP contribution in [0.5, 0.6) is 11.5 Å². The third kappa shape index (κ3) is 5.76. The zero-order valence-electron chi connectivity index (χ0n) is 18.5. The second-order valence-corrected chi connectivity index (χ2v) is 7.54. The van der Waals surface area contributed by atoms with E-state index >= 15 is 0 Å². The Kier molecular flexibility index (Phi) is 7.52. The van der Waals surface area contributed by atoms with Crippen LogP contribution in [-0.2, 0) is 20.8 Å². The van der Waals surface area contributed by atoms with Crippen molar-refractivity contribution in [2.75, 3.05) is 27.4 Å². The first kappa shape index (κ1) is 22.6. The summed E-state index contributed by atoms with van der Waals surface area (Å²) in [4.78, 5) is 24.7. The molecule has 7 nitrogen and oxygen atoms in total. The second kappa shape index (κ2) is 10.3. The number of esters is 1. The molecule has 0 unspecified atom stereocenters. The number of aromatic nitrogens is 1. The number of carbonyl (C=O) groups excluding carboxylic acids is 2. The normalized spacial score (nSPS) is 15.9. The summed E-state index contributed by atoms with van der Waals surface area (Å²) >= 11 is 0. The molecule has 0 radical (unpaired) electrons. The Morgan fingerprint density at radius 3 is 2.45 bits per heavy atom. The van der Waals surface area contributed by atoms with Crippen LogP contribution in [0.25, 0.3) is 6.08 Å². The second-order valence-electron chi connectivity index (χ2n) is 7.54. The van der Waals surface area contributed by atoms with Crippen LogP contribution >= 0.6 is 0 Å². The maximum atomic E-state index is 12.6. The van der Waals surface area contributed by atoms with Crippen molar-refractivity contribution in [1.29, 1.82) is 0 Å². The molecule has 3 rings (SSSR count). The van der Waals surface area contributed by atoms with Crippen LogP contribution in [0.15, 0.2) is 30.3 Å². The van der Waals surface area contributed by atoms with Gasteiger partial charge in [0.1, 0.15) is 11.5 Å². The molecule has 0 aliphatic carbocycles. The largest absolute Gasteiger partial charge is 0.497 e. The molecule has 0 bridgehead atoms. The number of carbonyl (C=O) groups is 2. The van der Waals surface area contributed by atoms with Gasteiger partial charge in [-0.2, -0.15) is 0 Å². The summed E-state index contributed by atoms with van der Waals surface area (Å²) in [6.07, 6.45) is 5.16. The Bertz CT molecular complexity index is 946. The predicted octanol–water partition coefficient (Wildman–Crippen LogP) is 3.74. The van der Waals surface area contributed by atoms with Gasteiger partial charge in [-0.3, -0.25) is 4.79 Å². The molecule has 1 aliphatic heterocycles. The molecule has 1 aromatic heterocycles. The summed E-state index contributed by atoms with van der Waals surface area (Å²) in [5, 5.41) is 0. The highest BCUT2D eigenvalue weighted by Gasteiger charge is 2.21. The van der Waals surface area contributed by atoms with Crippen LogP contribution in [0, 0.1) is 13.8 Å². The first-order valence-corrected chi connectivity index (χ1v) is 10.3. The van der Waals surface area contributed by atoms with Gasteiger partial charge in [-0.15, -0.1) is 0 Å². The van der Waals surface area contributed by atoms with Crippen molar-refractivity contribution in [3.05, 3.63) is 52.9 Å². The lowest BCUT2D eigenvalue weighted by atomic mass is 10.1. The zero-order chi connectivity index (χ0) is 22.4. The molecule has 1 fully saturated rings. The Morgan fingerprint density at radius 1 is 1.13 bits per heavy atom. The summed E-state index contributed by atoms with van der Waals surface area (Å²) in [5.41, 5.74) is 3.16. The van der Waals surface area contributed by atoms with Crippen molar-refractivity contribution in [3.63, 3.8) is 0 Å². The first-order valence-electron chi connectivity index (χ1n) is 10.3. The molecular weight excluding hydrogens is 398 g/mol. The van der Waals surface area contributed by atoms with E-state index in [0.717, 1.165) is 42.9 Å². The van der Waals surface area contributed by atoms with E-state index in [9.17, 15) is 9.59 Å². The summed E-state index contributed by atoms with van der Waals surface area (Å²) in [7, 11) is 3.11. The van der Waals surface area contributed by atoms with Crippen LogP contribution in [0.3, 0.4) is 0 Å². The fraction of sp³-hybridized carbons (Fsp3) is 0.417. The number of Topliss-reactive ketones (excluding diaryl/α,β-unsaturated/α-hetero) is 1. The minimum absolute atomic E-state index is 0.186. The molecule has 0 amide bonds. The number of nitrogens with zero attached hydrogens (tertiary/aromatic N) is 1. The Balaban J connectivity index is 1.59. The van der Waals surface area contributed by atoms with Gasteiger partial charge in [0.05, 0.1) is 20.3 Å². The van der Waals surface area contributed by atoms with Gasteiger partial charge < -0.3 is 23.5 Å². The molecule has 2 aromatic rings. The number of ether oxygens (including phenoxy) is 4. The zero-order valence-corrected chi connectivity index (χ0v) is 18.5. The molecule has 166 valence electrons. The monoisotopic (exact) mass is 427 g/mol. The topological polar surface area (TPSA) is 76.0 Å². The molecule has 2 heterocycles. The summed E-state index contributed by atoms with van der Waals surface area (Å²) in [6, 6.07) is 7.11. The van der Waals surface area contributed by atoms with E-state index in [1.54, 1.807) is 38.5 Å². The van der Waals surface area contributed by atoms with Gasteiger partial charge in [-0.25, -0.2) is 4.79 Å². The third-order valence-electron chi connectivity index (χ3n) is 5.42. The highest BCUT2D eigenvalue weighted by Crippen LogP contribution is 2.23. The number of aryl methyl sites for hydroxylation is 1. The molecule has 7 heteroatoms. The van der Waals surface area contributed by atoms with Crippen LogP contribution < -0.4 is 9.47 Å². The van der Waals surface area contributed by atoms with Gasteiger partial charge in [0.25, 0.3) is 0 Å². The Hall–Kier alpha value is -3.06. The van der Waals surface area contributed by atoms with Gasteiger partial charge in [-0.1, -0.05) is 0 Å². The van der Waals surface area contributed by atoms with Crippen molar-refractivity contribution < 1.29 is 28.5 Å². The van der Waals surface area contributed by atoms with Gasteiger partial charge in [0.2, 0.25) is 5.78 Å². The molecular formula is C24H29NO6. The van der Waals surface area contributed by atoms with Crippen LogP contribution in [0.4, 0.5) is 0 Å². The lowest BCUT2D eigenvalue weighted by Gasteiger charge is -2.14. The van der Waals surface area contributed by atoms with Gasteiger partial charge >= 0.3 is 5.97 Å². The van der Waals surface area contributed by atoms with Crippen molar-refractivity contribution in [3.8, 4) is 11.5 Å². The van der Waals surface area contributed by atoms with Crippen LogP contribution in [0.1, 0.15) is 40.2 Å². The summed E-state index contributed by atoms with van der Waals surface area (Å²) in [6.45, 7) is 5.09. The number of benzene rings is 1. The van der Waals surface area contributed by atoms with E-state index in [4.69, 9.17) is 18.9 Å². The fourth-order valence-electron chi connectivity index (χ4n) is 3.71. The molecule has 1 aliphatic rings. The molecule has 1 aromatic carbocycles. The molecule has 0 saturated carbocycles. The maximum absolute atomic E-state index is 12.6. The smallest absolute Gasteiger partial charge is 0.331 e. The number of hydrogen-bond acceptors (Lipinski definition) is 6. The van der Waals surface area contributed by atoms with Crippen LogP contribution in [0.2, 0.25) is 0 Å². The first-order chi connectivity index (χ1) is 14.9. The number of rotatable bonds is 9. The number of methoxy groups -OCH3 is 2. The van der Waals surface area contributed by atoms with Gasteiger partial charge in [0.15, 0.2) is 6.61 Å². The van der Waals surface area contributed by atoms with E-state index < -0.39 is 5.97 Å². The molecule has 1 atom stereocenters. The van der Waals surface area contributed by atoms with Gasteiger partial charge in [0, 0.05) is 42.2 Å². The van der Waals surface area contributed by atoms with Crippen molar-refractivity contribution >= 4 is 17.8 Å². The summed E-state index contributed by atoms with van der Waals surface area (Å²) in [5.74, 6) is 0.404. The van der Waals surface area contributed by atoms with Crippen molar-refractivity contribution in [2.24, 2.45) is 0 Å². The van der Waals surface area contributed by atoms with Crippen molar-refractivity contribution in [1.82, 2.24) is 4.57 Å². The Labute approximate surface area is 182 Å². The minimum atomic E-state index is -0.594. The lowest BCUT2D eigenvalue weighted by Crippen LogP contribution is -2.18. The van der Waals surface area contributed by atoms with Crippen LogP contribution in [-0.4, -0.2) is 49.9 Å². The van der Waals surface area contributed by atoms with Crippen molar-refractivity contribution in [2.45, 2.75) is 39.3 Å². The standard InChI is InChI=1S/C24H29NO6/c1-16-10-22(17(2)25(16)14-19-6-5-9-30-19)23(26)15-31-24(27)8-7-18-11-20(28-3)13-21(12-18)29-4/h7-8,10-13,19H,5-6,9,14-15H2,1-4H3/b8-7+/t19-/m1/s1.